The van der Waals surface area contributed by atoms with E-state index in [1.807, 2.05) is 30.3 Å². The minimum Gasteiger partial charge on any atom is -0.447 e. The van der Waals surface area contributed by atoms with Crippen LogP contribution in [0.4, 0.5) is 9.59 Å². The van der Waals surface area contributed by atoms with E-state index >= 15 is 0 Å². The van der Waals surface area contributed by atoms with E-state index in [1.54, 1.807) is 4.90 Å². The Morgan fingerprint density at radius 1 is 1.25 bits per heavy atom. The standard InChI is InChI=1S/C17H20N2O5/c20-15-18-17(11-23-15)9-19(10-17)16(21)24-14-6-13(7-14)22-8-12-4-2-1-3-5-12/h1-5,13-14H,6-11H2,(H,18,20)/t13-,14+. The number of rotatable bonds is 4. The molecule has 1 aromatic rings. The molecule has 128 valence electrons. The Labute approximate surface area is 139 Å². The summed E-state index contributed by atoms with van der Waals surface area (Å²) >= 11 is 0. The van der Waals surface area contributed by atoms with Gasteiger partial charge in [0.25, 0.3) is 0 Å². The number of nitrogens with zero attached hydrogens (tertiary/aromatic N) is 1. The number of hydrogen-bond acceptors (Lipinski definition) is 5. The first-order chi connectivity index (χ1) is 11.6. The first-order valence-corrected chi connectivity index (χ1v) is 8.18. The van der Waals surface area contributed by atoms with Crippen molar-refractivity contribution < 1.29 is 23.8 Å². The fraction of sp³-hybridized carbons (Fsp3) is 0.529. The van der Waals surface area contributed by atoms with Gasteiger partial charge in [0.15, 0.2) is 0 Å². The highest BCUT2D eigenvalue weighted by molar-refractivity contribution is 5.74. The molecule has 1 saturated carbocycles. The van der Waals surface area contributed by atoms with Crippen molar-refractivity contribution in [1.82, 2.24) is 10.2 Å². The number of cyclic esters (lactones) is 1. The lowest BCUT2D eigenvalue weighted by atomic mass is 9.91. The SMILES string of the molecule is O=C1NC2(CO1)CN(C(=O)O[C@H]1C[C@@H](OCc3ccccc3)C1)C2. The summed E-state index contributed by atoms with van der Waals surface area (Å²) in [6.45, 7) is 1.78. The average molecular weight is 332 g/mol. The number of likely N-dealkylation sites (tertiary alicyclic amines) is 1. The number of alkyl carbamates (subject to hydrolysis) is 1. The van der Waals surface area contributed by atoms with Gasteiger partial charge in [-0.2, -0.15) is 0 Å². The van der Waals surface area contributed by atoms with Crippen LogP contribution in [0.5, 0.6) is 0 Å². The smallest absolute Gasteiger partial charge is 0.410 e. The van der Waals surface area contributed by atoms with Gasteiger partial charge in [-0.3, -0.25) is 0 Å². The second-order valence-corrected chi connectivity index (χ2v) is 6.73. The summed E-state index contributed by atoms with van der Waals surface area (Å²) < 4.78 is 16.1. The molecule has 0 aromatic heterocycles. The van der Waals surface area contributed by atoms with Crippen LogP contribution in [0.2, 0.25) is 0 Å². The van der Waals surface area contributed by atoms with Crippen molar-refractivity contribution in [3.63, 3.8) is 0 Å². The average Bonchev–Trinajstić information content (AvgIpc) is 2.91. The van der Waals surface area contributed by atoms with E-state index in [0.717, 1.165) is 18.4 Å². The summed E-state index contributed by atoms with van der Waals surface area (Å²) in [4.78, 5) is 24.7. The van der Waals surface area contributed by atoms with Crippen LogP contribution in [0.25, 0.3) is 0 Å². The third-order valence-electron chi connectivity index (χ3n) is 4.74. The summed E-state index contributed by atoms with van der Waals surface area (Å²) in [6.07, 6.45) is 0.792. The number of ether oxygens (including phenoxy) is 3. The van der Waals surface area contributed by atoms with Gasteiger partial charge in [0, 0.05) is 12.8 Å². The van der Waals surface area contributed by atoms with Crippen molar-refractivity contribution in [1.29, 1.82) is 0 Å². The van der Waals surface area contributed by atoms with Crippen molar-refractivity contribution >= 4 is 12.2 Å². The maximum absolute atomic E-state index is 12.0. The summed E-state index contributed by atoms with van der Waals surface area (Å²) in [6, 6.07) is 10.0. The molecule has 2 aliphatic heterocycles. The number of carbonyl (C=O) groups is 2. The lowest BCUT2D eigenvalue weighted by molar-refractivity contribution is -0.0928. The molecule has 7 heteroatoms. The van der Waals surface area contributed by atoms with Crippen LogP contribution in [-0.4, -0.2) is 54.5 Å². The topological polar surface area (TPSA) is 77.1 Å². The van der Waals surface area contributed by atoms with E-state index < -0.39 is 11.6 Å². The lowest BCUT2D eigenvalue weighted by Crippen LogP contribution is -2.70. The van der Waals surface area contributed by atoms with Crippen LogP contribution in [0.1, 0.15) is 18.4 Å². The molecule has 24 heavy (non-hydrogen) atoms. The van der Waals surface area contributed by atoms with E-state index in [0.29, 0.717) is 26.3 Å². The molecule has 4 rings (SSSR count). The van der Waals surface area contributed by atoms with Crippen molar-refractivity contribution in [3.8, 4) is 0 Å². The molecule has 1 N–H and O–H groups in total. The molecular weight excluding hydrogens is 312 g/mol. The van der Waals surface area contributed by atoms with E-state index in [-0.39, 0.29) is 18.3 Å². The molecule has 2 heterocycles. The molecule has 0 unspecified atom stereocenters. The summed E-state index contributed by atoms with van der Waals surface area (Å²) in [7, 11) is 0. The van der Waals surface area contributed by atoms with E-state index in [2.05, 4.69) is 5.32 Å². The second-order valence-electron chi connectivity index (χ2n) is 6.73. The van der Waals surface area contributed by atoms with E-state index in [9.17, 15) is 9.59 Å². The molecule has 1 spiro atoms. The van der Waals surface area contributed by atoms with Crippen LogP contribution >= 0.6 is 0 Å². The molecule has 3 fully saturated rings. The molecular formula is C17H20N2O5. The minimum absolute atomic E-state index is 0.0794. The van der Waals surface area contributed by atoms with Gasteiger partial charge in [-0.1, -0.05) is 30.3 Å². The Kier molecular flexibility index (Phi) is 3.80. The van der Waals surface area contributed by atoms with Crippen molar-refractivity contribution in [3.05, 3.63) is 35.9 Å². The molecule has 2 saturated heterocycles. The zero-order valence-electron chi connectivity index (χ0n) is 13.3. The summed E-state index contributed by atoms with van der Waals surface area (Å²) in [5.74, 6) is 0. The monoisotopic (exact) mass is 332 g/mol. The highest BCUT2D eigenvalue weighted by Gasteiger charge is 2.52. The van der Waals surface area contributed by atoms with Gasteiger partial charge in [0.1, 0.15) is 18.2 Å². The van der Waals surface area contributed by atoms with Crippen LogP contribution < -0.4 is 5.32 Å². The number of amides is 2. The predicted molar refractivity (Wildman–Crippen MR) is 83.3 cm³/mol. The Hall–Kier alpha value is -2.28. The van der Waals surface area contributed by atoms with Gasteiger partial charge in [0.2, 0.25) is 0 Å². The Morgan fingerprint density at radius 2 is 2.00 bits per heavy atom. The van der Waals surface area contributed by atoms with Crippen LogP contribution in [0, 0.1) is 0 Å². The lowest BCUT2D eigenvalue weighted by Gasteiger charge is -2.46. The first kappa shape index (κ1) is 15.3. The maximum atomic E-state index is 12.0. The third-order valence-corrected chi connectivity index (χ3v) is 4.74. The normalized spacial score (nSPS) is 27.0. The number of hydrogen-bond donors (Lipinski definition) is 1. The largest absolute Gasteiger partial charge is 0.447 e. The van der Waals surface area contributed by atoms with Gasteiger partial charge < -0.3 is 24.4 Å². The Bertz CT molecular complexity index is 623. The molecule has 2 amide bonds. The zero-order chi connectivity index (χ0) is 16.6. The van der Waals surface area contributed by atoms with Gasteiger partial charge in [-0.05, 0) is 5.56 Å². The molecule has 1 aliphatic carbocycles. The Morgan fingerprint density at radius 3 is 2.67 bits per heavy atom. The maximum Gasteiger partial charge on any atom is 0.410 e. The van der Waals surface area contributed by atoms with Crippen molar-refractivity contribution in [2.45, 2.75) is 37.2 Å². The summed E-state index contributed by atoms with van der Waals surface area (Å²) in [5.41, 5.74) is 0.737. The third kappa shape index (κ3) is 3.03. The predicted octanol–water partition coefficient (Wildman–Crippen LogP) is 1.66. The zero-order valence-corrected chi connectivity index (χ0v) is 13.3. The summed E-state index contributed by atoms with van der Waals surface area (Å²) in [5, 5.41) is 2.74. The van der Waals surface area contributed by atoms with Crippen molar-refractivity contribution in [2.75, 3.05) is 19.7 Å². The molecule has 7 nitrogen and oxygen atoms in total. The van der Waals surface area contributed by atoms with Crippen molar-refractivity contribution in [2.24, 2.45) is 0 Å². The molecule has 0 atom stereocenters. The van der Waals surface area contributed by atoms with Crippen LogP contribution in [-0.2, 0) is 20.8 Å². The van der Waals surface area contributed by atoms with E-state index in [4.69, 9.17) is 14.2 Å². The van der Waals surface area contributed by atoms with E-state index in [1.165, 1.54) is 0 Å². The quantitative estimate of drug-likeness (QED) is 0.907. The van der Waals surface area contributed by atoms with Gasteiger partial charge >= 0.3 is 12.2 Å². The number of benzene rings is 1. The molecule has 0 radical (unpaired) electrons. The second kappa shape index (κ2) is 5.98. The van der Waals surface area contributed by atoms with Gasteiger partial charge in [-0.15, -0.1) is 0 Å². The van der Waals surface area contributed by atoms with Crippen LogP contribution in [0.15, 0.2) is 30.3 Å². The highest BCUT2D eigenvalue weighted by atomic mass is 16.6. The minimum atomic E-state index is -0.416. The highest BCUT2D eigenvalue weighted by Crippen LogP contribution is 2.30. The Balaban J connectivity index is 1.14. The molecule has 1 aromatic carbocycles. The fourth-order valence-corrected chi connectivity index (χ4v) is 3.23. The number of nitrogens with one attached hydrogen (secondary N) is 1. The fourth-order valence-electron chi connectivity index (χ4n) is 3.23. The molecule has 3 aliphatic rings. The number of carbonyl (C=O) groups excluding carboxylic acids is 2. The van der Waals surface area contributed by atoms with Gasteiger partial charge in [0.05, 0.1) is 25.8 Å². The van der Waals surface area contributed by atoms with Crippen LogP contribution in [0.3, 0.4) is 0 Å². The molecule has 0 bridgehead atoms. The van der Waals surface area contributed by atoms with Gasteiger partial charge in [-0.25, -0.2) is 9.59 Å². The first-order valence-electron chi connectivity index (χ1n) is 8.18.